The number of halogens is 6. The highest BCUT2D eigenvalue weighted by Gasteiger charge is 2.37. The second kappa shape index (κ2) is 9.90. The summed E-state index contributed by atoms with van der Waals surface area (Å²) in [7, 11) is 0. The Morgan fingerprint density at radius 2 is 1.67 bits per heavy atom. The molecule has 0 bridgehead atoms. The van der Waals surface area contributed by atoms with E-state index in [1.54, 1.807) is 13.0 Å². The minimum absolute atomic E-state index is 0.0645. The Bertz CT molecular complexity index is 1740. The summed E-state index contributed by atoms with van der Waals surface area (Å²) in [5.41, 5.74) is -1.30. The average Bonchev–Trinajstić information content (AvgIpc) is 2.87. The van der Waals surface area contributed by atoms with Gasteiger partial charge in [-0.05, 0) is 42.8 Å². The highest BCUT2D eigenvalue weighted by atomic mass is 19.4. The van der Waals surface area contributed by atoms with E-state index in [-0.39, 0.29) is 27.8 Å². The minimum atomic E-state index is -4.79. The molecule has 0 aliphatic carbocycles. The fourth-order valence-corrected chi connectivity index (χ4v) is 4.18. The van der Waals surface area contributed by atoms with Gasteiger partial charge in [0.15, 0.2) is 0 Å². The predicted octanol–water partition coefficient (Wildman–Crippen LogP) is 7.04. The average molecular weight is 541 g/mol. The number of aryl methyl sites for hydroxylation is 1. The summed E-state index contributed by atoms with van der Waals surface area (Å²) in [6.07, 6.45) is -2.39. The summed E-state index contributed by atoms with van der Waals surface area (Å²) in [4.78, 5) is 20.3. The van der Waals surface area contributed by atoms with Crippen LogP contribution >= 0.6 is 0 Å². The first-order chi connectivity index (χ1) is 18.5. The van der Waals surface area contributed by atoms with Crippen LogP contribution in [0.2, 0.25) is 0 Å². The zero-order valence-corrected chi connectivity index (χ0v) is 20.1. The van der Waals surface area contributed by atoms with E-state index in [9.17, 15) is 31.1 Å². The molecule has 2 heterocycles. The summed E-state index contributed by atoms with van der Waals surface area (Å²) in [6, 6.07) is 11.9. The molecule has 198 valence electrons. The van der Waals surface area contributed by atoms with Crippen LogP contribution < -0.4 is 10.3 Å². The molecule has 5 rings (SSSR count). The summed E-state index contributed by atoms with van der Waals surface area (Å²) in [6.45, 7) is 1.29. The van der Waals surface area contributed by atoms with Crippen molar-refractivity contribution in [2.24, 2.45) is 0 Å². The van der Waals surface area contributed by atoms with Crippen LogP contribution in [0, 0.1) is 24.4 Å². The second-order valence-electron chi connectivity index (χ2n) is 8.67. The molecule has 0 saturated carbocycles. The van der Waals surface area contributed by atoms with Gasteiger partial charge in [-0.2, -0.15) is 18.2 Å². The molecule has 0 spiro atoms. The van der Waals surface area contributed by atoms with Crippen molar-refractivity contribution in [2.75, 3.05) is 0 Å². The topological polar surface area (TPSA) is 57.0 Å². The minimum Gasteiger partial charge on any atom is -0.457 e. The van der Waals surface area contributed by atoms with E-state index in [1.807, 2.05) is 0 Å². The number of pyridine rings is 1. The van der Waals surface area contributed by atoms with Crippen molar-refractivity contribution >= 4 is 10.9 Å². The Hall–Kier alpha value is -4.67. The van der Waals surface area contributed by atoms with Crippen LogP contribution in [-0.4, -0.2) is 14.5 Å². The van der Waals surface area contributed by atoms with Crippen molar-refractivity contribution < 1.29 is 31.1 Å². The second-order valence-corrected chi connectivity index (χ2v) is 8.67. The Balaban J connectivity index is 1.56. The number of aromatic nitrogens is 3. The maximum atomic E-state index is 14.2. The van der Waals surface area contributed by atoms with Gasteiger partial charge in [0.2, 0.25) is 0 Å². The molecule has 0 N–H and O–H groups in total. The van der Waals surface area contributed by atoms with Gasteiger partial charge in [-0.1, -0.05) is 18.2 Å². The van der Waals surface area contributed by atoms with Crippen LogP contribution in [0.1, 0.15) is 16.8 Å². The lowest BCUT2D eigenvalue weighted by molar-refractivity contribution is -0.138. The zero-order chi connectivity index (χ0) is 27.9. The van der Waals surface area contributed by atoms with E-state index in [2.05, 4.69) is 9.97 Å². The number of alkyl halides is 3. The molecule has 2 aromatic heterocycles. The summed E-state index contributed by atoms with van der Waals surface area (Å²) in [5, 5.41) is -0.0645. The number of hydrogen-bond donors (Lipinski definition) is 0. The number of benzene rings is 3. The number of fused-ring (bicyclic) bond motifs is 1. The van der Waals surface area contributed by atoms with Gasteiger partial charge in [0, 0.05) is 35.2 Å². The first-order valence-corrected chi connectivity index (χ1v) is 11.4. The van der Waals surface area contributed by atoms with Gasteiger partial charge in [-0.25, -0.2) is 13.2 Å². The molecule has 0 aliphatic rings. The largest absolute Gasteiger partial charge is 0.457 e. The van der Waals surface area contributed by atoms with E-state index in [0.29, 0.717) is 17.8 Å². The summed E-state index contributed by atoms with van der Waals surface area (Å²) in [5.74, 6) is -3.92. The van der Waals surface area contributed by atoms with Crippen LogP contribution in [0.3, 0.4) is 0 Å². The van der Waals surface area contributed by atoms with E-state index in [4.69, 9.17) is 4.74 Å². The molecule has 3 aromatic carbocycles. The smallest absolute Gasteiger partial charge is 0.420 e. The number of nitrogens with zero attached hydrogens (tertiary/aromatic N) is 3. The van der Waals surface area contributed by atoms with Crippen LogP contribution in [0.5, 0.6) is 11.5 Å². The predicted molar refractivity (Wildman–Crippen MR) is 131 cm³/mol. The van der Waals surface area contributed by atoms with Gasteiger partial charge in [0.25, 0.3) is 5.56 Å². The Labute approximate surface area is 217 Å². The van der Waals surface area contributed by atoms with Crippen molar-refractivity contribution in [1.82, 2.24) is 14.5 Å². The summed E-state index contributed by atoms with van der Waals surface area (Å²) >= 11 is 0. The van der Waals surface area contributed by atoms with Crippen LogP contribution in [0.4, 0.5) is 26.3 Å². The Kier molecular flexibility index (Phi) is 6.59. The highest BCUT2D eigenvalue weighted by Crippen LogP contribution is 2.44. The Morgan fingerprint density at radius 3 is 2.33 bits per heavy atom. The number of rotatable bonds is 5. The van der Waals surface area contributed by atoms with E-state index < -0.39 is 52.6 Å². The SMILES string of the molecule is Cc1ccc(-c2cccc(Oc3ccc4c(c3)c(=O)ncn4Cc3c(F)cc(F)cc3F)c2C(F)(F)F)cn1. The van der Waals surface area contributed by atoms with Crippen LogP contribution in [0.15, 0.2) is 78.0 Å². The molecular weight excluding hydrogens is 524 g/mol. The molecule has 0 unspecified atom stereocenters. The third-order valence-electron chi connectivity index (χ3n) is 6.02. The van der Waals surface area contributed by atoms with E-state index >= 15 is 0 Å². The summed E-state index contributed by atoms with van der Waals surface area (Å²) < 4.78 is 91.1. The third kappa shape index (κ3) is 5.20. The van der Waals surface area contributed by atoms with Crippen molar-refractivity contribution in [3.63, 3.8) is 0 Å². The number of ether oxygens (including phenoxy) is 1. The normalized spacial score (nSPS) is 11.7. The fourth-order valence-electron chi connectivity index (χ4n) is 4.18. The van der Waals surface area contributed by atoms with Gasteiger partial charge in [-0.15, -0.1) is 0 Å². The third-order valence-corrected chi connectivity index (χ3v) is 6.02. The first kappa shape index (κ1) is 26.0. The fraction of sp³-hybridized carbons (Fsp3) is 0.107. The molecule has 0 atom stereocenters. The van der Waals surface area contributed by atoms with Crippen molar-refractivity contribution in [1.29, 1.82) is 0 Å². The molecule has 0 fully saturated rings. The molecule has 0 aliphatic heterocycles. The lowest BCUT2D eigenvalue weighted by Gasteiger charge is -2.18. The molecule has 11 heteroatoms. The zero-order valence-electron chi connectivity index (χ0n) is 20.1. The molecule has 0 saturated heterocycles. The van der Waals surface area contributed by atoms with Crippen molar-refractivity contribution in [3.05, 3.63) is 118 Å². The first-order valence-electron chi connectivity index (χ1n) is 11.4. The standard InChI is InChI=1S/C28H17F6N3O2/c1-15-5-6-16(12-35-15)19-3-2-4-25(26(19)28(32,33)34)39-18-7-8-24-20(11-18)27(38)36-14-37(24)13-21-22(30)9-17(29)10-23(21)31/h2-12,14H,13H2,1H3. The maximum absolute atomic E-state index is 14.2. The van der Waals surface area contributed by atoms with E-state index in [0.717, 1.165) is 12.4 Å². The van der Waals surface area contributed by atoms with Crippen molar-refractivity contribution in [2.45, 2.75) is 19.6 Å². The highest BCUT2D eigenvalue weighted by molar-refractivity contribution is 5.80. The van der Waals surface area contributed by atoms with Crippen molar-refractivity contribution in [3.8, 4) is 22.6 Å². The molecule has 0 amide bonds. The van der Waals surface area contributed by atoms with Gasteiger partial charge < -0.3 is 9.30 Å². The van der Waals surface area contributed by atoms with Gasteiger partial charge in [0.05, 0.1) is 23.8 Å². The van der Waals surface area contributed by atoms with Crippen LogP contribution in [0.25, 0.3) is 22.0 Å². The lowest BCUT2D eigenvalue weighted by Crippen LogP contribution is -2.14. The molecule has 5 aromatic rings. The Morgan fingerprint density at radius 1 is 0.923 bits per heavy atom. The van der Waals surface area contributed by atoms with Crippen LogP contribution in [-0.2, 0) is 12.7 Å². The molecule has 0 radical (unpaired) electrons. The van der Waals surface area contributed by atoms with Gasteiger partial charge in [0.1, 0.15) is 34.5 Å². The van der Waals surface area contributed by atoms with Gasteiger partial charge >= 0.3 is 6.18 Å². The molecular formula is C28H17F6N3O2. The number of hydrogen-bond acceptors (Lipinski definition) is 4. The van der Waals surface area contributed by atoms with E-state index in [1.165, 1.54) is 47.2 Å². The molecule has 39 heavy (non-hydrogen) atoms. The quantitative estimate of drug-likeness (QED) is 0.224. The monoisotopic (exact) mass is 541 g/mol. The van der Waals surface area contributed by atoms with Gasteiger partial charge in [-0.3, -0.25) is 9.78 Å². The lowest BCUT2D eigenvalue weighted by atomic mass is 9.99. The molecule has 5 nitrogen and oxygen atoms in total. The maximum Gasteiger partial charge on any atom is 0.420 e.